The van der Waals surface area contributed by atoms with E-state index >= 15 is 0 Å². The highest BCUT2D eigenvalue weighted by molar-refractivity contribution is 5.94. The van der Waals surface area contributed by atoms with Crippen molar-refractivity contribution in [3.63, 3.8) is 0 Å². The Morgan fingerprint density at radius 1 is 1.21 bits per heavy atom. The molecule has 1 atom stereocenters. The zero-order valence-corrected chi connectivity index (χ0v) is 11.1. The Labute approximate surface area is 113 Å². The number of hydrogen-bond acceptors (Lipinski definition) is 3. The van der Waals surface area contributed by atoms with Crippen LogP contribution in [0.15, 0.2) is 30.3 Å². The summed E-state index contributed by atoms with van der Waals surface area (Å²) in [6.07, 6.45) is 2.09. The van der Waals surface area contributed by atoms with E-state index in [9.17, 15) is 9.59 Å². The van der Waals surface area contributed by atoms with E-state index < -0.39 is 12.0 Å². The third-order valence-corrected chi connectivity index (χ3v) is 2.89. The molecule has 0 saturated carbocycles. The summed E-state index contributed by atoms with van der Waals surface area (Å²) >= 11 is 0. The fourth-order valence-corrected chi connectivity index (χ4v) is 1.76. The largest absolute Gasteiger partial charge is 0.480 e. The number of rotatable bonds is 8. The predicted octanol–water partition coefficient (Wildman–Crippen LogP) is 1.26. The van der Waals surface area contributed by atoms with E-state index in [2.05, 4.69) is 10.6 Å². The van der Waals surface area contributed by atoms with Crippen LogP contribution in [0, 0.1) is 0 Å². The molecule has 1 amide bonds. The van der Waals surface area contributed by atoms with E-state index in [0.717, 1.165) is 12.8 Å². The minimum absolute atomic E-state index is 0.0935. The van der Waals surface area contributed by atoms with Crippen molar-refractivity contribution in [1.82, 2.24) is 10.6 Å². The van der Waals surface area contributed by atoms with E-state index in [1.54, 1.807) is 19.2 Å². The second kappa shape index (κ2) is 8.26. The summed E-state index contributed by atoms with van der Waals surface area (Å²) in [6, 6.07) is 8.51. The number of hydrogen-bond donors (Lipinski definition) is 3. The van der Waals surface area contributed by atoms with Crippen LogP contribution in [-0.4, -0.2) is 36.6 Å². The summed E-state index contributed by atoms with van der Waals surface area (Å²) in [5.74, 6) is -0.931. The van der Waals surface area contributed by atoms with Gasteiger partial charge in [0.1, 0.15) is 6.04 Å². The molecule has 0 bridgehead atoms. The SMILES string of the molecule is CNC(CCCCNC(=O)c1ccccc1)C(=O)O. The Kier molecular flexibility index (Phi) is 6.60. The number of carbonyl (C=O) groups excluding carboxylic acids is 1. The van der Waals surface area contributed by atoms with E-state index in [4.69, 9.17) is 5.11 Å². The second-order valence-corrected chi connectivity index (χ2v) is 4.30. The molecule has 0 aliphatic heterocycles. The summed E-state index contributed by atoms with van der Waals surface area (Å²) in [6.45, 7) is 0.559. The standard InChI is InChI=1S/C14H20N2O3/c1-15-12(14(18)19)9-5-6-10-16-13(17)11-7-3-2-4-8-11/h2-4,7-8,12,15H,5-6,9-10H2,1H3,(H,16,17)(H,18,19). The van der Waals surface area contributed by atoms with Crippen LogP contribution in [0.2, 0.25) is 0 Å². The summed E-state index contributed by atoms with van der Waals surface area (Å²) < 4.78 is 0. The average Bonchev–Trinajstić information content (AvgIpc) is 2.43. The Morgan fingerprint density at radius 3 is 2.47 bits per heavy atom. The first-order valence-electron chi connectivity index (χ1n) is 6.38. The first-order valence-corrected chi connectivity index (χ1v) is 6.38. The van der Waals surface area contributed by atoms with Crippen molar-refractivity contribution in [2.45, 2.75) is 25.3 Å². The van der Waals surface area contributed by atoms with Gasteiger partial charge in [-0.2, -0.15) is 0 Å². The maximum absolute atomic E-state index is 11.7. The van der Waals surface area contributed by atoms with Crippen LogP contribution >= 0.6 is 0 Å². The Bertz CT molecular complexity index is 406. The van der Waals surface area contributed by atoms with Crippen molar-refractivity contribution in [3.8, 4) is 0 Å². The quantitative estimate of drug-likeness (QED) is 0.618. The van der Waals surface area contributed by atoms with Gasteiger partial charge in [0.25, 0.3) is 5.91 Å². The van der Waals surface area contributed by atoms with Gasteiger partial charge in [-0.3, -0.25) is 9.59 Å². The Hall–Kier alpha value is -1.88. The molecular formula is C14H20N2O3. The first-order chi connectivity index (χ1) is 9.15. The van der Waals surface area contributed by atoms with Gasteiger partial charge in [-0.05, 0) is 38.4 Å². The molecule has 5 nitrogen and oxygen atoms in total. The summed E-state index contributed by atoms with van der Waals surface area (Å²) in [4.78, 5) is 22.4. The minimum atomic E-state index is -0.837. The monoisotopic (exact) mass is 264 g/mol. The van der Waals surface area contributed by atoms with Gasteiger partial charge in [-0.15, -0.1) is 0 Å². The maximum atomic E-state index is 11.7. The average molecular weight is 264 g/mol. The molecule has 5 heteroatoms. The molecule has 0 heterocycles. The molecule has 0 aliphatic rings. The van der Waals surface area contributed by atoms with Gasteiger partial charge < -0.3 is 15.7 Å². The number of aliphatic carboxylic acids is 1. The number of amides is 1. The van der Waals surface area contributed by atoms with Gasteiger partial charge in [0.2, 0.25) is 0 Å². The van der Waals surface area contributed by atoms with Gasteiger partial charge in [0.15, 0.2) is 0 Å². The number of carboxylic acid groups (broad SMARTS) is 1. The van der Waals surface area contributed by atoms with E-state index in [-0.39, 0.29) is 5.91 Å². The van der Waals surface area contributed by atoms with Crippen molar-refractivity contribution in [2.24, 2.45) is 0 Å². The van der Waals surface area contributed by atoms with Crippen LogP contribution in [-0.2, 0) is 4.79 Å². The minimum Gasteiger partial charge on any atom is -0.480 e. The fourth-order valence-electron chi connectivity index (χ4n) is 1.76. The third kappa shape index (κ3) is 5.52. The summed E-state index contributed by atoms with van der Waals surface area (Å²) in [5.41, 5.74) is 0.640. The van der Waals surface area contributed by atoms with Gasteiger partial charge >= 0.3 is 5.97 Å². The second-order valence-electron chi connectivity index (χ2n) is 4.30. The van der Waals surface area contributed by atoms with Crippen molar-refractivity contribution >= 4 is 11.9 Å². The molecule has 0 spiro atoms. The Balaban J connectivity index is 2.18. The molecule has 1 aromatic carbocycles. The van der Waals surface area contributed by atoms with E-state index in [1.165, 1.54) is 0 Å². The normalized spacial score (nSPS) is 11.8. The molecular weight excluding hydrogens is 244 g/mol. The van der Waals surface area contributed by atoms with Crippen molar-refractivity contribution in [1.29, 1.82) is 0 Å². The molecule has 1 unspecified atom stereocenters. The highest BCUT2D eigenvalue weighted by Crippen LogP contribution is 2.01. The number of carbonyl (C=O) groups is 2. The number of carboxylic acids is 1. The van der Waals surface area contributed by atoms with Crippen molar-refractivity contribution < 1.29 is 14.7 Å². The third-order valence-electron chi connectivity index (χ3n) is 2.89. The number of likely N-dealkylation sites (N-methyl/N-ethyl adjacent to an activating group) is 1. The highest BCUT2D eigenvalue weighted by Gasteiger charge is 2.13. The fraction of sp³-hybridized carbons (Fsp3) is 0.429. The maximum Gasteiger partial charge on any atom is 0.320 e. The van der Waals surface area contributed by atoms with Crippen LogP contribution in [0.25, 0.3) is 0 Å². The Morgan fingerprint density at radius 2 is 1.89 bits per heavy atom. The van der Waals surface area contributed by atoms with E-state index in [1.807, 2.05) is 18.2 Å². The van der Waals surface area contributed by atoms with Crippen LogP contribution in [0.5, 0.6) is 0 Å². The molecule has 0 fully saturated rings. The van der Waals surface area contributed by atoms with Crippen molar-refractivity contribution in [2.75, 3.05) is 13.6 Å². The number of benzene rings is 1. The van der Waals surface area contributed by atoms with Crippen LogP contribution < -0.4 is 10.6 Å². The molecule has 0 aliphatic carbocycles. The lowest BCUT2D eigenvalue weighted by Gasteiger charge is -2.10. The van der Waals surface area contributed by atoms with Gasteiger partial charge in [-0.25, -0.2) is 0 Å². The van der Waals surface area contributed by atoms with E-state index in [0.29, 0.717) is 18.5 Å². The zero-order chi connectivity index (χ0) is 14.1. The van der Waals surface area contributed by atoms with Gasteiger partial charge in [-0.1, -0.05) is 18.2 Å². The molecule has 1 rings (SSSR count). The van der Waals surface area contributed by atoms with Crippen LogP contribution in [0.1, 0.15) is 29.6 Å². The number of unbranched alkanes of at least 4 members (excludes halogenated alkanes) is 1. The molecule has 1 aromatic rings. The summed E-state index contributed by atoms with van der Waals surface area (Å²) in [7, 11) is 1.63. The van der Waals surface area contributed by atoms with Crippen LogP contribution in [0.3, 0.4) is 0 Å². The summed E-state index contributed by atoms with van der Waals surface area (Å²) in [5, 5.41) is 14.4. The smallest absolute Gasteiger partial charge is 0.320 e. The molecule has 0 aromatic heterocycles. The lowest BCUT2D eigenvalue weighted by atomic mass is 10.1. The lowest BCUT2D eigenvalue weighted by Crippen LogP contribution is -2.33. The molecule has 0 saturated heterocycles. The van der Waals surface area contributed by atoms with Crippen LogP contribution in [0.4, 0.5) is 0 Å². The molecule has 104 valence electrons. The highest BCUT2D eigenvalue weighted by atomic mass is 16.4. The lowest BCUT2D eigenvalue weighted by molar-refractivity contribution is -0.139. The molecule has 19 heavy (non-hydrogen) atoms. The molecule has 0 radical (unpaired) electrons. The van der Waals surface area contributed by atoms with Crippen molar-refractivity contribution in [3.05, 3.63) is 35.9 Å². The first kappa shape index (κ1) is 15.2. The zero-order valence-electron chi connectivity index (χ0n) is 11.1. The topological polar surface area (TPSA) is 78.4 Å². The predicted molar refractivity (Wildman–Crippen MR) is 73.1 cm³/mol. The van der Waals surface area contributed by atoms with Gasteiger partial charge in [0, 0.05) is 12.1 Å². The number of nitrogens with one attached hydrogen (secondary N) is 2. The van der Waals surface area contributed by atoms with Gasteiger partial charge in [0.05, 0.1) is 0 Å². The molecule has 3 N–H and O–H groups in total.